The maximum atomic E-state index is 12.7. The van der Waals surface area contributed by atoms with Crippen molar-refractivity contribution < 1.29 is 14.3 Å². The monoisotopic (exact) mass is 613 g/mol. The quantitative estimate of drug-likeness (QED) is 0.194. The highest BCUT2D eigenvalue weighted by Gasteiger charge is 2.19. The normalized spacial score (nSPS) is 11.2. The number of anilines is 1. The van der Waals surface area contributed by atoms with Gasteiger partial charge in [-0.25, -0.2) is 18.8 Å². The summed E-state index contributed by atoms with van der Waals surface area (Å²) < 4.78 is 12.0. The maximum absolute atomic E-state index is 12.7. The number of unbranched alkanes of at least 4 members (excludes halogenated alkanes) is 3. The van der Waals surface area contributed by atoms with Crippen LogP contribution in [-0.4, -0.2) is 63.2 Å². The lowest BCUT2D eigenvalue weighted by molar-refractivity contribution is 0.102. The van der Waals surface area contributed by atoms with Crippen LogP contribution in [0.4, 0.5) is 10.6 Å². The second kappa shape index (κ2) is 13.6. The van der Waals surface area contributed by atoms with Crippen LogP contribution < -0.4 is 15.4 Å². The molecule has 0 bridgehead atoms. The SMILES string of the molecule is CCCCCCn1nc(NC(=O)c2cnsc2)c2cc(Br)c(-c3ccc(OC(=O)NCCN(C)C)cc3)nc21. The van der Waals surface area contributed by atoms with Gasteiger partial charge >= 0.3 is 6.09 Å². The zero-order valence-corrected chi connectivity index (χ0v) is 24.6. The van der Waals surface area contributed by atoms with Crippen LogP contribution in [0.25, 0.3) is 22.3 Å². The Bertz CT molecular complexity index is 1410. The summed E-state index contributed by atoms with van der Waals surface area (Å²) >= 11 is 4.88. The molecule has 0 fully saturated rings. The van der Waals surface area contributed by atoms with Crippen molar-refractivity contribution in [2.75, 3.05) is 32.5 Å². The number of halogens is 1. The van der Waals surface area contributed by atoms with Gasteiger partial charge in [0.15, 0.2) is 11.5 Å². The second-order valence-corrected chi connectivity index (χ2v) is 10.8. The maximum Gasteiger partial charge on any atom is 0.412 e. The minimum Gasteiger partial charge on any atom is -0.410 e. The molecular formula is C27H32BrN7O3S. The van der Waals surface area contributed by atoms with Gasteiger partial charge in [-0.15, -0.1) is 0 Å². The molecular weight excluding hydrogens is 582 g/mol. The number of ether oxygens (including phenoxy) is 1. The van der Waals surface area contributed by atoms with E-state index in [1.165, 1.54) is 17.7 Å². The first-order valence-corrected chi connectivity index (χ1v) is 14.5. The Labute approximate surface area is 240 Å². The molecule has 0 aliphatic rings. The van der Waals surface area contributed by atoms with Crippen molar-refractivity contribution in [3.05, 3.63) is 51.9 Å². The number of nitrogens with one attached hydrogen (secondary N) is 2. The summed E-state index contributed by atoms with van der Waals surface area (Å²) in [5.41, 5.74) is 2.74. The Balaban J connectivity index is 1.58. The van der Waals surface area contributed by atoms with E-state index in [4.69, 9.17) is 14.8 Å². The third kappa shape index (κ3) is 7.61. The fraction of sp³-hybridized carbons (Fsp3) is 0.370. The average molecular weight is 615 g/mol. The minimum atomic E-state index is -0.495. The van der Waals surface area contributed by atoms with Crippen molar-refractivity contribution in [3.8, 4) is 17.0 Å². The molecule has 0 saturated carbocycles. The van der Waals surface area contributed by atoms with E-state index in [9.17, 15) is 9.59 Å². The highest BCUT2D eigenvalue weighted by Crippen LogP contribution is 2.33. The van der Waals surface area contributed by atoms with Gasteiger partial charge < -0.3 is 20.3 Å². The standard InChI is InChI=1S/C27H32BrN7O3S/c1-4-5-6-7-13-35-25-21(24(33-35)32-26(36)19-16-30-39-17-19)15-22(28)23(31-25)18-8-10-20(11-9-18)38-27(37)29-12-14-34(2)3/h8-11,15-17H,4-7,12-14H2,1-3H3,(H,29,37)(H,32,33,36). The summed E-state index contributed by atoms with van der Waals surface area (Å²) in [4.78, 5) is 31.7. The van der Waals surface area contributed by atoms with Crippen molar-refractivity contribution in [2.24, 2.45) is 0 Å². The van der Waals surface area contributed by atoms with Gasteiger partial charge in [-0.3, -0.25) is 4.79 Å². The molecule has 3 aromatic heterocycles. The highest BCUT2D eigenvalue weighted by atomic mass is 79.9. The molecule has 0 aliphatic heterocycles. The van der Waals surface area contributed by atoms with E-state index in [0.29, 0.717) is 35.9 Å². The molecule has 39 heavy (non-hydrogen) atoms. The number of aryl methyl sites for hydroxylation is 1. The summed E-state index contributed by atoms with van der Waals surface area (Å²) in [5.74, 6) is 0.635. The van der Waals surface area contributed by atoms with Gasteiger partial charge in [0.25, 0.3) is 5.91 Å². The summed E-state index contributed by atoms with van der Waals surface area (Å²) in [6, 6.07) is 9.12. The summed E-state index contributed by atoms with van der Waals surface area (Å²) in [7, 11) is 3.88. The molecule has 0 saturated heterocycles. The first-order chi connectivity index (χ1) is 18.9. The Morgan fingerprint density at radius 3 is 2.64 bits per heavy atom. The van der Waals surface area contributed by atoms with Gasteiger partial charge in [0, 0.05) is 35.1 Å². The van der Waals surface area contributed by atoms with Crippen LogP contribution in [0.3, 0.4) is 0 Å². The molecule has 3 heterocycles. The largest absolute Gasteiger partial charge is 0.412 e. The predicted molar refractivity (Wildman–Crippen MR) is 157 cm³/mol. The van der Waals surface area contributed by atoms with E-state index in [1.807, 2.05) is 41.9 Å². The molecule has 0 aliphatic carbocycles. The number of benzene rings is 1. The predicted octanol–water partition coefficient (Wildman–Crippen LogP) is 5.80. The van der Waals surface area contributed by atoms with Crippen LogP contribution in [-0.2, 0) is 6.54 Å². The molecule has 0 radical (unpaired) electrons. The summed E-state index contributed by atoms with van der Waals surface area (Å²) in [5, 5.41) is 12.8. The lowest BCUT2D eigenvalue weighted by atomic mass is 10.1. The highest BCUT2D eigenvalue weighted by molar-refractivity contribution is 9.10. The van der Waals surface area contributed by atoms with E-state index in [0.717, 1.165) is 53.3 Å². The molecule has 206 valence electrons. The minimum absolute atomic E-state index is 0.261. The molecule has 4 aromatic rings. The van der Waals surface area contributed by atoms with E-state index < -0.39 is 6.09 Å². The molecule has 1 aromatic carbocycles. The zero-order valence-electron chi connectivity index (χ0n) is 22.2. The van der Waals surface area contributed by atoms with Gasteiger partial charge in [-0.1, -0.05) is 26.2 Å². The Morgan fingerprint density at radius 2 is 1.95 bits per heavy atom. The number of amides is 2. The van der Waals surface area contributed by atoms with E-state index in [2.05, 4.69) is 37.9 Å². The van der Waals surface area contributed by atoms with Crippen LogP contribution in [0.1, 0.15) is 43.0 Å². The number of fused-ring (bicyclic) bond motifs is 1. The lowest BCUT2D eigenvalue weighted by Crippen LogP contribution is -2.33. The molecule has 4 rings (SSSR count). The van der Waals surface area contributed by atoms with Gasteiger partial charge in [0.05, 0.1) is 22.8 Å². The third-order valence-electron chi connectivity index (χ3n) is 5.99. The Hall–Kier alpha value is -3.35. The molecule has 2 amide bonds. The van der Waals surface area contributed by atoms with Crippen LogP contribution in [0.15, 0.2) is 46.4 Å². The molecule has 2 N–H and O–H groups in total. The van der Waals surface area contributed by atoms with Gasteiger partial charge in [0.2, 0.25) is 0 Å². The number of carbonyl (C=O) groups excluding carboxylic acids is 2. The van der Waals surface area contributed by atoms with Crippen molar-refractivity contribution in [1.82, 2.24) is 29.4 Å². The van der Waals surface area contributed by atoms with Crippen molar-refractivity contribution in [1.29, 1.82) is 0 Å². The third-order valence-corrected chi connectivity index (χ3v) is 7.18. The number of pyridine rings is 1. The lowest BCUT2D eigenvalue weighted by Gasteiger charge is -2.11. The van der Waals surface area contributed by atoms with E-state index >= 15 is 0 Å². The summed E-state index contributed by atoms with van der Waals surface area (Å²) in [6.07, 6.45) is 5.39. The topological polar surface area (TPSA) is 114 Å². The number of likely N-dealkylation sites (N-methyl/N-ethyl adjacent to an activating group) is 1. The number of rotatable bonds is 12. The zero-order chi connectivity index (χ0) is 27.8. The molecule has 0 atom stereocenters. The second-order valence-electron chi connectivity index (χ2n) is 9.33. The summed E-state index contributed by atoms with van der Waals surface area (Å²) in [6.45, 7) is 4.09. The van der Waals surface area contributed by atoms with Crippen LogP contribution in [0.5, 0.6) is 5.75 Å². The van der Waals surface area contributed by atoms with E-state index in [-0.39, 0.29) is 5.91 Å². The smallest absolute Gasteiger partial charge is 0.410 e. The average Bonchev–Trinajstić information content (AvgIpc) is 3.55. The van der Waals surface area contributed by atoms with Gasteiger partial charge in [-0.2, -0.15) is 5.10 Å². The number of carbonyl (C=O) groups is 2. The fourth-order valence-corrected chi connectivity index (χ4v) is 4.98. The molecule has 0 spiro atoms. The number of hydrogen-bond donors (Lipinski definition) is 2. The molecule has 10 nitrogen and oxygen atoms in total. The van der Waals surface area contributed by atoms with Crippen LogP contribution in [0.2, 0.25) is 0 Å². The Kier molecular flexibility index (Phi) is 10.0. The number of hydrogen-bond acceptors (Lipinski definition) is 8. The van der Waals surface area contributed by atoms with E-state index in [1.54, 1.807) is 17.5 Å². The fourth-order valence-electron chi connectivity index (χ4n) is 3.91. The van der Waals surface area contributed by atoms with Crippen LogP contribution in [0, 0.1) is 0 Å². The van der Waals surface area contributed by atoms with Crippen molar-refractivity contribution in [2.45, 2.75) is 39.2 Å². The van der Waals surface area contributed by atoms with Gasteiger partial charge in [0.1, 0.15) is 5.75 Å². The molecule has 12 heteroatoms. The first kappa shape index (κ1) is 28.7. The Morgan fingerprint density at radius 1 is 1.15 bits per heavy atom. The van der Waals surface area contributed by atoms with Crippen LogP contribution >= 0.6 is 27.5 Å². The van der Waals surface area contributed by atoms with Crippen molar-refractivity contribution >= 4 is 56.3 Å². The van der Waals surface area contributed by atoms with Gasteiger partial charge in [-0.05, 0) is 78.3 Å². The van der Waals surface area contributed by atoms with Crippen molar-refractivity contribution in [3.63, 3.8) is 0 Å². The number of aromatic nitrogens is 4. The number of nitrogens with zero attached hydrogens (tertiary/aromatic N) is 5. The first-order valence-electron chi connectivity index (χ1n) is 12.8. The molecule has 0 unspecified atom stereocenters.